The van der Waals surface area contributed by atoms with Gasteiger partial charge in [-0.05, 0) is 66.4 Å². The predicted molar refractivity (Wildman–Crippen MR) is 117 cm³/mol. The van der Waals surface area contributed by atoms with E-state index in [0.29, 0.717) is 5.75 Å². The van der Waals surface area contributed by atoms with Gasteiger partial charge in [-0.15, -0.1) is 23.1 Å². The van der Waals surface area contributed by atoms with E-state index in [9.17, 15) is 18.0 Å². The highest BCUT2D eigenvalue weighted by molar-refractivity contribution is 7.98. The van der Waals surface area contributed by atoms with Crippen LogP contribution in [0.25, 0.3) is 10.4 Å². The summed E-state index contributed by atoms with van der Waals surface area (Å²) in [6.07, 6.45) is -3.48. The van der Waals surface area contributed by atoms with Gasteiger partial charge >= 0.3 is 12.1 Å². The van der Waals surface area contributed by atoms with Crippen LogP contribution in [0.4, 0.5) is 13.2 Å². The molecule has 0 atom stereocenters. The fraction of sp³-hybridized carbons (Fsp3) is 0.261. The van der Waals surface area contributed by atoms with Crippen LogP contribution < -0.4 is 4.89 Å². The van der Waals surface area contributed by atoms with Crippen LogP contribution in [0.2, 0.25) is 0 Å². The van der Waals surface area contributed by atoms with Crippen LogP contribution in [0.5, 0.6) is 5.75 Å². The van der Waals surface area contributed by atoms with Gasteiger partial charge < -0.3 is 0 Å². The van der Waals surface area contributed by atoms with Gasteiger partial charge in [0.1, 0.15) is 0 Å². The minimum atomic E-state index is -4.33. The summed E-state index contributed by atoms with van der Waals surface area (Å²) in [4.78, 5) is 23.7. The van der Waals surface area contributed by atoms with Crippen molar-refractivity contribution < 1.29 is 27.7 Å². The lowest BCUT2D eigenvalue weighted by molar-refractivity contribution is -0.211. The van der Waals surface area contributed by atoms with Crippen molar-refractivity contribution >= 4 is 29.1 Å². The number of thioether (sulfide) groups is 1. The van der Waals surface area contributed by atoms with E-state index in [1.165, 1.54) is 29.5 Å². The SMILES string of the molecule is CCc1cc(-c2ccc(C(F)(F)F)cc2)sc1CSc1ccc(OOC(C)=O)c(C)c1. The molecule has 3 rings (SSSR count). The average molecular weight is 467 g/mol. The Morgan fingerprint density at radius 3 is 2.39 bits per heavy atom. The summed E-state index contributed by atoms with van der Waals surface area (Å²) >= 11 is 3.27. The Bertz CT molecular complexity index is 1060. The number of benzene rings is 2. The highest BCUT2D eigenvalue weighted by Crippen LogP contribution is 2.38. The van der Waals surface area contributed by atoms with E-state index in [0.717, 1.165) is 45.2 Å². The van der Waals surface area contributed by atoms with Crippen LogP contribution in [-0.2, 0) is 28.0 Å². The molecule has 1 heterocycles. The van der Waals surface area contributed by atoms with Crippen LogP contribution in [0.1, 0.15) is 35.4 Å². The molecular weight excluding hydrogens is 445 g/mol. The Hall–Kier alpha value is -2.45. The lowest BCUT2D eigenvalue weighted by Crippen LogP contribution is -2.03. The van der Waals surface area contributed by atoms with Gasteiger partial charge in [0, 0.05) is 27.3 Å². The Balaban J connectivity index is 1.72. The molecule has 0 unspecified atom stereocenters. The molecule has 0 aliphatic carbocycles. The summed E-state index contributed by atoms with van der Waals surface area (Å²) in [6, 6.07) is 13.0. The van der Waals surface area contributed by atoms with Crippen molar-refractivity contribution in [3.63, 3.8) is 0 Å². The zero-order chi connectivity index (χ0) is 22.6. The van der Waals surface area contributed by atoms with E-state index in [-0.39, 0.29) is 0 Å². The van der Waals surface area contributed by atoms with E-state index in [4.69, 9.17) is 4.89 Å². The molecule has 0 radical (unpaired) electrons. The topological polar surface area (TPSA) is 35.5 Å². The number of hydrogen-bond donors (Lipinski definition) is 0. The summed E-state index contributed by atoms with van der Waals surface area (Å²) in [5.41, 5.74) is 2.18. The number of aryl methyl sites for hydroxylation is 2. The maximum Gasteiger partial charge on any atom is 0.416 e. The number of rotatable bonds is 7. The molecule has 3 aromatic rings. The average Bonchev–Trinajstić information content (AvgIpc) is 3.14. The van der Waals surface area contributed by atoms with Crippen LogP contribution in [0.15, 0.2) is 53.4 Å². The van der Waals surface area contributed by atoms with Crippen molar-refractivity contribution in [1.82, 2.24) is 0 Å². The third kappa shape index (κ3) is 6.04. The second-order valence-corrected chi connectivity index (χ2v) is 9.05. The summed E-state index contributed by atoms with van der Waals surface area (Å²) in [6.45, 7) is 5.21. The molecule has 0 bridgehead atoms. The van der Waals surface area contributed by atoms with Gasteiger partial charge in [0.15, 0.2) is 5.75 Å². The molecular formula is C23H21F3O3S2. The summed E-state index contributed by atoms with van der Waals surface area (Å²) in [7, 11) is 0. The van der Waals surface area contributed by atoms with E-state index in [2.05, 4.69) is 17.9 Å². The Morgan fingerprint density at radius 1 is 1.10 bits per heavy atom. The number of thiophene rings is 1. The molecule has 0 aliphatic heterocycles. The summed E-state index contributed by atoms with van der Waals surface area (Å²) in [5, 5.41) is 0. The molecule has 31 heavy (non-hydrogen) atoms. The van der Waals surface area contributed by atoms with Crippen molar-refractivity contribution in [2.24, 2.45) is 0 Å². The monoisotopic (exact) mass is 466 g/mol. The van der Waals surface area contributed by atoms with Gasteiger partial charge in [0.25, 0.3) is 0 Å². The van der Waals surface area contributed by atoms with E-state index in [1.54, 1.807) is 29.2 Å². The first-order valence-electron chi connectivity index (χ1n) is 9.55. The third-order valence-corrected chi connectivity index (χ3v) is 6.97. The minimum Gasteiger partial charge on any atom is -0.287 e. The normalized spacial score (nSPS) is 11.4. The first-order valence-corrected chi connectivity index (χ1v) is 11.4. The first-order chi connectivity index (χ1) is 14.7. The molecule has 1 aromatic heterocycles. The first kappa shape index (κ1) is 23.2. The molecule has 3 nitrogen and oxygen atoms in total. The van der Waals surface area contributed by atoms with Gasteiger partial charge in [-0.2, -0.15) is 13.2 Å². The van der Waals surface area contributed by atoms with E-state index >= 15 is 0 Å². The van der Waals surface area contributed by atoms with Crippen molar-refractivity contribution in [2.45, 2.75) is 44.0 Å². The van der Waals surface area contributed by atoms with E-state index in [1.807, 2.05) is 19.1 Å². The van der Waals surface area contributed by atoms with Gasteiger partial charge in [0.05, 0.1) is 5.56 Å². The van der Waals surface area contributed by atoms with Crippen LogP contribution in [0, 0.1) is 6.92 Å². The number of hydrogen-bond acceptors (Lipinski definition) is 5. The largest absolute Gasteiger partial charge is 0.416 e. The number of alkyl halides is 3. The molecule has 0 aliphatic rings. The maximum absolute atomic E-state index is 12.8. The number of halogens is 3. The quantitative estimate of drug-likeness (QED) is 0.206. The fourth-order valence-corrected chi connectivity index (χ4v) is 5.29. The molecule has 0 saturated carbocycles. The fourth-order valence-electron chi connectivity index (χ4n) is 2.91. The van der Waals surface area contributed by atoms with Crippen molar-refractivity contribution in [2.75, 3.05) is 0 Å². The van der Waals surface area contributed by atoms with Crippen molar-refractivity contribution in [3.8, 4) is 16.2 Å². The number of carbonyl (C=O) groups excluding carboxylic acids is 1. The zero-order valence-electron chi connectivity index (χ0n) is 17.2. The molecule has 0 amide bonds. The van der Waals surface area contributed by atoms with Crippen LogP contribution >= 0.6 is 23.1 Å². The minimum absolute atomic E-state index is 0.481. The molecule has 0 N–H and O–H groups in total. The lowest BCUT2D eigenvalue weighted by Gasteiger charge is -2.08. The van der Waals surface area contributed by atoms with Crippen molar-refractivity contribution in [1.29, 1.82) is 0 Å². The molecule has 0 fully saturated rings. The summed E-state index contributed by atoms with van der Waals surface area (Å²) < 4.78 is 38.4. The third-order valence-electron chi connectivity index (χ3n) is 4.54. The Labute approximate surface area is 187 Å². The van der Waals surface area contributed by atoms with Gasteiger partial charge in [-0.3, -0.25) is 9.78 Å². The smallest absolute Gasteiger partial charge is 0.287 e. The maximum atomic E-state index is 12.8. The highest BCUT2D eigenvalue weighted by atomic mass is 32.2. The van der Waals surface area contributed by atoms with Crippen LogP contribution in [-0.4, -0.2) is 5.97 Å². The van der Waals surface area contributed by atoms with E-state index < -0.39 is 17.7 Å². The van der Waals surface area contributed by atoms with Gasteiger partial charge in [0.2, 0.25) is 0 Å². The zero-order valence-corrected chi connectivity index (χ0v) is 18.8. The van der Waals surface area contributed by atoms with Crippen LogP contribution in [0.3, 0.4) is 0 Å². The van der Waals surface area contributed by atoms with Gasteiger partial charge in [-0.1, -0.05) is 19.1 Å². The Morgan fingerprint density at radius 2 is 1.81 bits per heavy atom. The summed E-state index contributed by atoms with van der Waals surface area (Å²) in [5.74, 6) is 0.707. The molecule has 0 saturated heterocycles. The second kappa shape index (κ2) is 9.78. The molecule has 164 valence electrons. The Kier molecular flexibility index (Phi) is 7.33. The molecule has 0 spiro atoms. The lowest BCUT2D eigenvalue weighted by atomic mass is 10.1. The highest BCUT2D eigenvalue weighted by Gasteiger charge is 2.30. The second-order valence-electron chi connectivity index (χ2n) is 6.86. The predicted octanol–water partition coefficient (Wildman–Crippen LogP) is 7.45. The van der Waals surface area contributed by atoms with Crippen molar-refractivity contribution in [3.05, 3.63) is 70.1 Å². The van der Waals surface area contributed by atoms with Gasteiger partial charge in [-0.25, -0.2) is 4.79 Å². The molecule has 2 aromatic carbocycles. The molecule has 8 heteroatoms. The standard InChI is InChI=1S/C23H21F3O3S2/c1-4-16-12-21(17-5-7-18(8-6-17)23(24,25)26)31-22(16)13-30-19-9-10-20(14(2)11-19)29-28-15(3)27/h5-12H,4,13H2,1-3H3. The number of carbonyl (C=O) groups is 1.